The maximum Gasteiger partial charge on any atom is 0.270 e. The Morgan fingerprint density at radius 3 is 2.56 bits per heavy atom. The monoisotopic (exact) mass is 344 g/mol. The number of rotatable bonds is 4. The maximum atomic E-state index is 12.7. The summed E-state index contributed by atoms with van der Waals surface area (Å²) in [4.78, 5) is 43.0. The third-order valence-corrected chi connectivity index (χ3v) is 3.60. The van der Waals surface area contributed by atoms with Crippen molar-refractivity contribution in [1.82, 2.24) is 19.6 Å². The second kappa shape index (κ2) is 7.04. The molecule has 0 spiro atoms. The van der Waals surface area contributed by atoms with Crippen molar-refractivity contribution in [1.29, 1.82) is 0 Å². The van der Waals surface area contributed by atoms with Crippen molar-refractivity contribution in [3.8, 4) is 0 Å². The molecule has 25 heavy (non-hydrogen) atoms. The molecule has 2 aromatic heterocycles. The summed E-state index contributed by atoms with van der Waals surface area (Å²) >= 11 is 0. The molecule has 0 fully saturated rings. The number of carbonyl (C=O) groups excluding carboxylic acids is 2. The summed E-state index contributed by atoms with van der Waals surface area (Å²) in [5.74, 6) is -0.771. The topological polar surface area (TPSA) is 83.8 Å². The van der Waals surface area contributed by atoms with Gasteiger partial charge in [-0.15, -0.1) is 0 Å². The van der Waals surface area contributed by atoms with Crippen LogP contribution in [0.15, 0.2) is 29.3 Å². The summed E-state index contributed by atoms with van der Waals surface area (Å²) in [6.07, 6.45) is 2.92. The Kier molecular flexibility index (Phi) is 5.25. The first-order valence-electron chi connectivity index (χ1n) is 8.20. The third kappa shape index (κ3) is 4.43. The number of pyridine rings is 1. The predicted octanol–water partition coefficient (Wildman–Crippen LogP) is 1.38. The number of likely N-dealkylation sites (N-methyl/N-ethyl adjacent to an activating group) is 1. The minimum atomic E-state index is -0.500. The van der Waals surface area contributed by atoms with Crippen LogP contribution in [0.1, 0.15) is 43.6 Å². The zero-order valence-electron chi connectivity index (χ0n) is 15.3. The van der Waals surface area contributed by atoms with Gasteiger partial charge in [0.1, 0.15) is 11.2 Å². The van der Waals surface area contributed by atoms with Crippen LogP contribution in [-0.2, 0) is 4.79 Å². The first-order valence-corrected chi connectivity index (χ1v) is 8.20. The molecular formula is C18H24N4O3. The fourth-order valence-electron chi connectivity index (χ4n) is 2.46. The molecule has 0 unspecified atom stereocenters. The fraction of sp³-hybridized carbons (Fsp3) is 0.444. The second-order valence-corrected chi connectivity index (χ2v) is 7.03. The van der Waals surface area contributed by atoms with Crippen LogP contribution in [0.5, 0.6) is 0 Å². The van der Waals surface area contributed by atoms with Gasteiger partial charge in [0.05, 0.1) is 6.54 Å². The lowest BCUT2D eigenvalue weighted by Crippen LogP contribution is -2.48. The van der Waals surface area contributed by atoms with E-state index in [9.17, 15) is 14.4 Å². The van der Waals surface area contributed by atoms with Crippen LogP contribution >= 0.6 is 0 Å². The van der Waals surface area contributed by atoms with E-state index in [1.165, 1.54) is 15.5 Å². The summed E-state index contributed by atoms with van der Waals surface area (Å²) in [6.45, 7) is 9.42. The molecule has 0 aliphatic heterocycles. The fourth-order valence-corrected chi connectivity index (χ4v) is 2.46. The maximum absolute atomic E-state index is 12.7. The SMILES string of the molecule is CCN(CC(=O)NC(C)(C)C)C(=O)c1cnc2ccc(C)cn2c1=O. The molecule has 0 saturated heterocycles. The molecular weight excluding hydrogens is 320 g/mol. The van der Waals surface area contributed by atoms with Gasteiger partial charge in [0.25, 0.3) is 11.5 Å². The Morgan fingerprint density at radius 1 is 1.28 bits per heavy atom. The van der Waals surface area contributed by atoms with E-state index < -0.39 is 11.5 Å². The second-order valence-electron chi connectivity index (χ2n) is 7.03. The van der Waals surface area contributed by atoms with Gasteiger partial charge < -0.3 is 10.2 Å². The highest BCUT2D eigenvalue weighted by Gasteiger charge is 2.23. The number of hydrogen-bond donors (Lipinski definition) is 1. The normalized spacial score (nSPS) is 11.4. The van der Waals surface area contributed by atoms with Crippen molar-refractivity contribution >= 4 is 17.5 Å². The molecule has 2 heterocycles. The summed E-state index contributed by atoms with van der Waals surface area (Å²) in [5, 5.41) is 2.81. The van der Waals surface area contributed by atoms with Crippen LogP contribution in [0.3, 0.4) is 0 Å². The standard InChI is InChI=1S/C18H24N4O3/c1-6-21(11-15(23)20-18(3,4)5)16(24)13-9-19-14-8-7-12(2)10-22(14)17(13)25/h7-10H,6,11H2,1-5H3,(H,20,23). The number of aromatic nitrogens is 2. The van der Waals surface area contributed by atoms with E-state index in [4.69, 9.17) is 0 Å². The molecule has 0 bridgehead atoms. The van der Waals surface area contributed by atoms with Gasteiger partial charge >= 0.3 is 0 Å². The number of fused-ring (bicyclic) bond motifs is 1. The van der Waals surface area contributed by atoms with E-state index >= 15 is 0 Å². The van der Waals surface area contributed by atoms with Gasteiger partial charge in [0.15, 0.2) is 0 Å². The van der Waals surface area contributed by atoms with E-state index in [1.54, 1.807) is 19.2 Å². The summed E-state index contributed by atoms with van der Waals surface area (Å²) in [7, 11) is 0. The minimum absolute atomic E-state index is 0.0477. The van der Waals surface area contributed by atoms with Gasteiger partial charge in [0.2, 0.25) is 5.91 Å². The number of aryl methyl sites for hydroxylation is 1. The Bertz CT molecular complexity index is 865. The molecule has 7 nitrogen and oxygen atoms in total. The van der Waals surface area contributed by atoms with Crippen LogP contribution in [-0.4, -0.2) is 44.7 Å². The average molecular weight is 344 g/mol. The molecule has 2 amide bonds. The number of hydrogen-bond acceptors (Lipinski definition) is 4. The molecule has 0 atom stereocenters. The Morgan fingerprint density at radius 2 is 1.96 bits per heavy atom. The number of amides is 2. The number of carbonyl (C=O) groups is 2. The van der Waals surface area contributed by atoms with Gasteiger partial charge in [-0.05, 0) is 46.2 Å². The van der Waals surface area contributed by atoms with Crippen molar-refractivity contribution in [3.63, 3.8) is 0 Å². The Labute approximate surface area is 146 Å². The van der Waals surface area contributed by atoms with Gasteiger partial charge in [-0.1, -0.05) is 6.07 Å². The highest BCUT2D eigenvalue weighted by Crippen LogP contribution is 2.05. The number of nitrogens with zero attached hydrogens (tertiary/aromatic N) is 3. The zero-order valence-corrected chi connectivity index (χ0v) is 15.3. The van der Waals surface area contributed by atoms with E-state index in [-0.39, 0.29) is 23.6 Å². The van der Waals surface area contributed by atoms with Crippen LogP contribution in [0.25, 0.3) is 5.65 Å². The van der Waals surface area contributed by atoms with Crippen molar-refractivity contribution in [3.05, 3.63) is 46.0 Å². The summed E-state index contributed by atoms with van der Waals surface area (Å²) in [6, 6.07) is 3.57. The van der Waals surface area contributed by atoms with Crippen LogP contribution in [0.2, 0.25) is 0 Å². The Hall–Kier alpha value is -2.70. The lowest BCUT2D eigenvalue weighted by Gasteiger charge is -2.25. The molecule has 0 aliphatic carbocycles. The zero-order chi connectivity index (χ0) is 18.8. The number of nitrogens with one attached hydrogen (secondary N) is 1. The molecule has 1 N–H and O–H groups in total. The first-order chi connectivity index (χ1) is 11.6. The van der Waals surface area contributed by atoms with Gasteiger partial charge in [0, 0.05) is 24.5 Å². The summed E-state index contributed by atoms with van der Waals surface area (Å²) < 4.78 is 1.35. The highest BCUT2D eigenvalue weighted by atomic mass is 16.2. The van der Waals surface area contributed by atoms with Crippen molar-refractivity contribution < 1.29 is 9.59 Å². The van der Waals surface area contributed by atoms with Crippen LogP contribution in [0, 0.1) is 6.92 Å². The van der Waals surface area contributed by atoms with Crippen molar-refractivity contribution in [2.24, 2.45) is 0 Å². The average Bonchev–Trinajstić information content (AvgIpc) is 2.51. The van der Waals surface area contributed by atoms with E-state index in [0.29, 0.717) is 12.2 Å². The van der Waals surface area contributed by atoms with Crippen molar-refractivity contribution in [2.45, 2.75) is 40.2 Å². The van der Waals surface area contributed by atoms with Gasteiger partial charge in [-0.3, -0.25) is 18.8 Å². The smallest absolute Gasteiger partial charge is 0.270 e. The molecule has 0 saturated carbocycles. The Balaban J connectivity index is 2.31. The van der Waals surface area contributed by atoms with Gasteiger partial charge in [-0.25, -0.2) is 4.98 Å². The van der Waals surface area contributed by atoms with Gasteiger partial charge in [-0.2, -0.15) is 0 Å². The first kappa shape index (κ1) is 18.6. The largest absolute Gasteiger partial charge is 0.350 e. The quantitative estimate of drug-likeness (QED) is 0.908. The third-order valence-electron chi connectivity index (χ3n) is 3.60. The van der Waals surface area contributed by atoms with E-state index in [2.05, 4.69) is 10.3 Å². The van der Waals surface area contributed by atoms with Crippen molar-refractivity contribution in [2.75, 3.05) is 13.1 Å². The molecule has 0 aromatic carbocycles. The highest BCUT2D eigenvalue weighted by molar-refractivity contribution is 5.96. The van der Waals surface area contributed by atoms with Crippen LogP contribution < -0.4 is 10.9 Å². The molecule has 0 radical (unpaired) electrons. The minimum Gasteiger partial charge on any atom is -0.350 e. The molecule has 0 aliphatic rings. The predicted molar refractivity (Wildman–Crippen MR) is 95.7 cm³/mol. The molecule has 134 valence electrons. The molecule has 2 rings (SSSR count). The lowest BCUT2D eigenvalue weighted by molar-refractivity contribution is -0.123. The van der Waals surface area contributed by atoms with E-state index in [1.807, 2.05) is 33.8 Å². The van der Waals surface area contributed by atoms with E-state index in [0.717, 1.165) is 5.56 Å². The summed E-state index contributed by atoms with van der Waals surface area (Å²) in [5.41, 5.74) is 0.488. The lowest BCUT2D eigenvalue weighted by atomic mass is 10.1. The molecule has 7 heteroatoms. The van der Waals surface area contributed by atoms with Crippen LogP contribution in [0.4, 0.5) is 0 Å². The molecule has 2 aromatic rings.